The highest BCUT2D eigenvalue weighted by molar-refractivity contribution is 5.32. The standard InChI is InChI=1S/C17H30N2/c1-13(2)15-7-6-14(3)16(10-15)11-19-12-17(4,5)8-9-18/h6-7,10,13,19H,8-9,11-12,18H2,1-5H3. The summed E-state index contributed by atoms with van der Waals surface area (Å²) in [5.74, 6) is 0.591. The predicted molar refractivity (Wildman–Crippen MR) is 84.4 cm³/mol. The summed E-state index contributed by atoms with van der Waals surface area (Å²) in [5, 5.41) is 3.58. The fourth-order valence-electron chi connectivity index (χ4n) is 2.26. The van der Waals surface area contributed by atoms with E-state index in [0.717, 1.165) is 26.1 Å². The van der Waals surface area contributed by atoms with Gasteiger partial charge in [0.2, 0.25) is 0 Å². The van der Waals surface area contributed by atoms with Gasteiger partial charge in [-0.15, -0.1) is 0 Å². The van der Waals surface area contributed by atoms with Crippen LogP contribution < -0.4 is 11.1 Å². The van der Waals surface area contributed by atoms with Gasteiger partial charge in [0.15, 0.2) is 0 Å². The van der Waals surface area contributed by atoms with E-state index in [1.165, 1.54) is 16.7 Å². The summed E-state index contributed by atoms with van der Waals surface area (Å²) in [4.78, 5) is 0. The van der Waals surface area contributed by atoms with Crippen molar-refractivity contribution in [1.29, 1.82) is 0 Å². The summed E-state index contributed by atoms with van der Waals surface area (Å²) >= 11 is 0. The Morgan fingerprint density at radius 2 is 1.95 bits per heavy atom. The largest absolute Gasteiger partial charge is 0.330 e. The van der Waals surface area contributed by atoms with E-state index >= 15 is 0 Å². The van der Waals surface area contributed by atoms with Crippen LogP contribution in [-0.4, -0.2) is 13.1 Å². The molecule has 0 saturated carbocycles. The molecule has 19 heavy (non-hydrogen) atoms. The molecule has 0 aliphatic rings. The van der Waals surface area contributed by atoms with E-state index < -0.39 is 0 Å². The highest BCUT2D eigenvalue weighted by atomic mass is 14.9. The van der Waals surface area contributed by atoms with Crippen LogP contribution in [0.15, 0.2) is 18.2 Å². The van der Waals surface area contributed by atoms with Crippen LogP contribution in [0.2, 0.25) is 0 Å². The van der Waals surface area contributed by atoms with Crippen LogP contribution in [0.1, 0.15) is 56.7 Å². The number of aryl methyl sites for hydroxylation is 1. The molecule has 1 aromatic carbocycles. The van der Waals surface area contributed by atoms with Crippen molar-refractivity contribution >= 4 is 0 Å². The molecular formula is C17H30N2. The van der Waals surface area contributed by atoms with Gasteiger partial charge in [0.1, 0.15) is 0 Å². The summed E-state index contributed by atoms with van der Waals surface area (Å²) in [6.45, 7) is 13.9. The number of hydrogen-bond donors (Lipinski definition) is 2. The second kappa shape index (κ2) is 7.06. The van der Waals surface area contributed by atoms with Gasteiger partial charge >= 0.3 is 0 Å². The van der Waals surface area contributed by atoms with Crippen LogP contribution >= 0.6 is 0 Å². The number of nitrogens with one attached hydrogen (secondary N) is 1. The Bertz CT molecular complexity index is 394. The molecule has 0 aromatic heterocycles. The van der Waals surface area contributed by atoms with Crippen LogP contribution in [0.4, 0.5) is 0 Å². The van der Waals surface area contributed by atoms with Crippen molar-refractivity contribution in [2.24, 2.45) is 11.1 Å². The summed E-state index contributed by atoms with van der Waals surface area (Å²) in [6, 6.07) is 6.81. The van der Waals surface area contributed by atoms with Crippen LogP contribution in [0.3, 0.4) is 0 Å². The zero-order valence-corrected chi connectivity index (χ0v) is 13.2. The van der Waals surface area contributed by atoms with Crippen LogP contribution in [0, 0.1) is 12.3 Å². The van der Waals surface area contributed by atoms with Gasteiger partial charge < -0.3 is 11.1 Å². The van der Waals surface area contributed by atoms with Crippen LogP contribution in [-0.2, 0) is 6.54 Å². The third kappa shape index (κ3) is 5.33. The number of rotatable bonds is 7. The minimum atomic E-state index is 0.276. The summed E-state index contributed by atoms with van der Waals surface area (Å²) in [7, 11) is 0. The van der Waals surface area contributed by atoms with E-state index in [1.807, 2.05) is 0 Å². The smallest absolute Gasteiger partial charge is 0.0208 e. The van der Waals surface area contributed by atoms with Crippen molar-refractivity contribution in [3.05, 3.63) is 34.9 Å². The van der Waals surface area contributed by atoms with Crippen molar-refractivity contribution in [3.8, 4) is 0 Å². The first kappa shape index (κ1) is 16.2. The molecule has 1 rings (SSSR count). The molecule has 0 amide bonds. The Morgan fingerprint density at radius 3 is 2.53 bits per heavy atom. The molecule has 3 N–H and O–H groups in total. The third-order valence-electron chi connectivity index (χ3n) is 3.78. The van der Waals surface area contributed by atoms with Crippen molar-refractivity contribution in [3.63, 3.8) is 0 Å². The summed E-state index contributed by atoms with van der Waals surface area (Å²) in [5.41, 5.74) is 10.1. The second-order valence-corrected chi connectivity index (χ2v) is 6.65. The molecule has 1 aromatic rings. The molecule has 0 aliphatic heterocycles. The molecule has 0 unspecified atom stereocenters. The van der Waals surface area contributed by atoms with Gasteiger partial charge in [-0.2, -0.15) is 0 Å². The van der Waals surface area contributed by atoms with Crippen LogP contribution in [0.5, 0.6) is 0 Å². The molecule has 0 atom stereocenters. The molecule has 0 fully saturated rings. The van der Waals surface area contributed by atoms with E-state index in [9.17, 15) is 0 Å². The zero-order chi connectivity index (χ0) is 14.5. The second-order valence-electron chi connectivity index (χ2n) is 6.65. The van der Waals surface area contributed by atoms with Gasteiger partial charge in [0, 0.05) is 13.1 Å². The van der Waals surface area contributed by atoms with Gasteiger partial charge in [-0.05, 0) is 47.9 Å². The maximum Gasteiger partial charge on any atom is 0.0208 e. The fraction of sp³-hybridized carbons (Fsp3) is 0.647. The summed E-state index contributed by atoms with van der Waals surface area (Å²) in [6.07, 6.45) is 1.06. The maximum atomic E-state index is 5.65. The first-order valence-electron chi connectivity index (χ1n) is 7.36. The molecule has 2 heteroatoms. The van der Waals surface area contributed by atoms with E-state index in [4.69, 9.17) is 5.73 Å². The molecule has 108 valence electrons. The lowest BCUT2D eigenvalue weighted by atomic mass is 9.89. The molecule has 0 bridgehead atoms. The maximum absolute atomic E-state index is 5.65. The minimum absolute atomic E-state index is 0.276. The topological polar surface area (TPSA) is 38.0 Å². The Hall–Kier alpha value is -0.860. The molecule has 0 aliphatic carbocycles. The zero-order valence-electron chi connectivity index (χ0n) is 13.2. The average Bonchev–Trinajstić information content (AvgIpc) is 2.30. The van der Waals surface area contributed by atoms with Gasteiger partial charge in [0.05, 0.1) is 0 Å². The minimum Gasteiger partial charge on any atom is -0.330 e. The first-order valence-corrected chi connectivity index (χ1v) is 7.36. The van der Waals surface area contributed by atoms with E-state index in [0.29, 0.717) is 5.92 Å². The lowest BCUT2D eigenvalue weighted by Crippen LogP contribution is -2.31. The number of nitrogens with two attached hydrogens (primary N) is 1. The lowest BCUT2D eigenvalue weighted by molar-refractivity contribution is 0.319. The van der Waals surface area contributed by atoms with Crippen LogP contribution in [0.25, 0.3) is 0 Å². The molecule has 0 saturated heterocycles. The Balaban J connectivity index is 2.60. The molecule has 0 spiro atoms. The Morgan fingerprint density at radius 1 is 1.26 bits per heavy atom. The highest BCUT2D eigenvalue weighted by Crippen LogP contribution is 2.20. The lowest BCUT2D eigenvalue weighted by Gasteiger charge is -2.24. The third-order valence-corrected chi connectivity index (χ3v) is 3.78. The number of benzene rings is 1. The Kier molecular flexibility index (Phi) is 6.02. The average molecular weight is 262 g/mol. The fourth-order valence-corrected chi connectivity index (χ4v) is 2.26. The van der Waals surface area contributed by atoms with Crippen molar-refractivity contribution in [2.45, 2.75) is 53.5 Å². The van der Waals surface area contributed by atoms with Crippen molar-refractivity contribution < 1.29 is 0 Å². The normalized spacial score (nSPS) is 12.2. The summed E-state index contributed by atoms with van der Waals surface area (Å²) < 4.78 is 0. The van der Waals surface area contributed by atoms with E-state index in [1.54, 1.807) is 0 Å². The van der Waals surface area contributed by atoms with E-state index in [2.05, 4.69) is 58.1 Å². The molecule has 0 heterocycles. The van der Waals surface area contributed by atoms with Gasteiger partial charge in [-0.1, -0.05) is 45.9 Å². The number of hydrogen-bond acceptors (Lipinski definition) is 2. The SMILES string of the molecule is Cc1ccc(C(C)C)cc1CNCC(C)(C)CCN. The predicted octanol–water partition coefficient (Wildman–Crippen LogP) is 3.58. The van der Waals surface area contributed by atoms with E-state index in [-0.39, 0.29) is 5.41 Å². The first-order chi connectivity index (χ1) is 8.85. The van der Waals surface area contributed by atoms with Gasteiger partial charge in [0.25, 0.3) is 0 Å². The highest BCUT2D eigenvalue weighted by Gasteiger charge is 2.16. The molecule has 2 nitrogen and oxygen atoms in total. The Labute approximate surface area is 118 Å². The van der Waals surface area contributed by atoms with Gasteiger partial charge in [-0.25, -0.2) is 0 Å². The van der Waals surface area contributed by atoms with Crippen molar-refractivity contribution in [2.75, 3.05) is 13.1 Å². The van der Waals surface area contributed by atoms with Gasteiger partial charge in [-0.3, -0.25) is 0 Å². The quantitative estimate of drug-likeness (QED) is 0.788. The molecule has 0 radical (unpaired) electrons. The van der Waals surface area contributed by atoms with Crippen molar-refractivity contribution in [1.82, 2.24) is 5.32 Å². The monoisotopic (exact) mass is 262 g/mol. The molecular weight excluding hydrogens is 232 g/mol.